The summed E-state index contributed by atoms with van der Waals surface area (Å²) >= 11 is 0. The minimum Gasteiger partial charge on any atom is -0.508 e. The average Bonchev–Trinajstić information content (AvgIpc) is 2.69. The van der Waals surface area contributed by atoms with Gasteiger partial charge in [0.1, 0.15) is 11.5 Å². The lowest BCUT2D eigenvalue weighted by Crippen LogP contribution is -2.05. The summed E-state index contributed by atoms with van der Waals surface area (Å²) in [5.74, 6) is 0.198. The first-order valence-corrected chi connectivity index (χ1v) is 30.1. The van der Waals surface area contributed by atoms with E-state index in [0.717, 1.165) is 72.8 Å². The highest BCUT2D eigenvalue weighted by Crippen LogP contribution is 2.59. The molecule has 2 aliphatic carbocycles. The molecule has 0 heterocycles. The van der Waals surface area contributed by atoms with Crippen LogP contribution in [0.5, 0.6) is 11.5 Å². The van der Waals surface area contributed by atoms with Crippen molar-refractivity contribution < 1.29 is 10.2 Å². The van der Waals surface area contributed by atoms with Gasteiger partial charge in [-0.05, 0) is 232 Å². The van der Waals surface area contributed by atoms with Crippen LogP contribution in [0.1, 0.15) is 165 Å². The molecule has 0 aromatic heterocycles. The number of hydrogen-bond donors (Lipinski definition) is 2. The molecule has 2 N–H and O–H groups in total. The van der Waals surface area contributed by atoms with E-state index in [2.05, 4.69) is 207 Å². The third-order valence-corrected chi connectivity index (χ3v) is 17.1. The first kappa shape index (κ1) is 55.0. The van der Waals surface area contributed by atoms with Gasteiger partial charge in [0.05, 0.1) is 0 Å². The van der Waals surface area contributed by atoms with E-state index in [4.69, 9.17) is 0 Å². The van der Waals surface area contributed by atoms with E-state index >= 15 is 0 Å². The Morgan fingerprint density at radius 2 is 0.805 bits per heavy atom. The smallest absolute Gasteiger partial charge is 0.115 e. The Labute approximate surface area is 485 Å². The number of hydrogen-bond acceptors (Lipinski definition) is 2. The summed E-state index contributed by atoms with van der Waals surface area (Å²) in [7, 11) is 0. The number of phenolic OH excluding ortho intramolecular Hbond substituents is 2. The number of fused-ring (bicyclic) bond motifs is 10. The fourth-order valence-electron chi connectivity index (χ4n) is 13.1. The fraction of sp³-hybridized carbons (Fsp3) is 0.250. The van der Waals surface area contributed by atoms with E-state index in [0.29, 0.717) is 0 Å². The maximum atomic E-state index is 11.4. The van der Waals surface area contributed by atoms with Gasteiger partial charge in [0.2, 0.25) is 0 Å². The van der Waals surface area contributed by atoms with Gasteiger partial charge in [0, 0.05) is 11.8 Å². The van der Waals surface area contributed by atoms with Crippen LogP contribution in [-0.2, 0) is 19.3 Å². The maximum absolute atomic E-state index is 11.4. The Morgan fingerprint density at radius 1 is 0.402 bits per heavy atom. The largest absolute Gasteiger partial charge is 0.508 e. The minimum absolute atomic E-state index is 0.129. The lowest BCUT2D eigenvalue weighted by atomic mass is 9.76. The van der Waals surface area contributed by atoms with E-state index in [1.807, 2.05) is 30.3 Å². The Kier molecular flexibility index (Phi) is 17.2. The van der Waals surface area contributed by atoms with Gasteiger partial charge >= 0.3 is 0 Å². The SMILES string of the molecule is C=C=C=C=C=C=C=C=C=Cc1ccc(C2c3cc(O)ccc3-c3ccc4c(-c5ccc(CCCC)cc5)c5c6c(ccc5c(-c5ccc(CCCC)cc5)c4c32)-c2ccc(O)cc2C6c2ccc(CCCCCCCCCC)cc2)cc1. The Morgan fingerprint density at radius 3 is 1.28 bits per heavy atom. The van der Waals surface area contributed by atoms with Gasteiger partial charge in [-0.25, -0.2) is 0 Å². The topological polar surface area (TPSA) is 40.5 Å². The van der Waals surface area contributed by atoms with E-state index in [1.54, 1.807) is 0 Å². The Bertz CT molecular complexity index is 4160. The van der Waals surface area contributed by atoms with Crippen molar-refractivity contribution in [2.45, 2.75) is 129 Å². The highest BCUT2D eigenvalue weighted by Gasteiger charge is 2.38. The summed E-state index contributed by atoms with van der Waals surface area (Å²) < 4.78 is 0. The molecule has 9 aromatic rings. The van der Waals surface area contributed by atoms with Crippen molar-refractivity contribution in [1.82, 2.24) is 0 Å². The van der Waals surface area contributed by atoms with Crippen molar-refractivity contribution in [3.8, 4) is 56.0 Å². The van der Waals surface area contributed by atoms with Crippen molar-refractivity contribution in [3.05, 3.63) is 266 Å². The highest BCUT2D eigenvalue weighted by atomic mass is 16.3. The van der Waals surface area contributed by atoms with Crippen LogP contribution in [0.25, 0.3) is 72.1 Å². The molecule has 404 valence electrons. The molecule has 0 saturated carbocycles. The van der Waals surface area contributed by atoms with E-state index < -0.39 is 0 Å². The van der Waals surface area contributed by atoms with Crippen LogP contribution < -0.4 is 0 Å². The van der Waals surface area contributed by atoms with Gasteiger partial charge in [0.25, 0.3) is 0 Å². The standard InChI is InChI=1S/C80H72O2/c1-5-9-13-15-17-19-21-23-27-57-33-41-61(42-34-57)75-71-53-63(81)45-47-65(71)67-49-51-69-74(60-39-31-56(32-40-60)26-12-8-4)80-70(73(79(69)77(67)75)59-37-29-55(30-38-59)25-11-7-3)52-50-68-66-48-46-64(82)54-72(66)76(78(68)80)62-43-35-58(36-44-62)28-24-22-20-18-16-14-10-6-2/h27,29-54,75-76,81-82H,1,6-8,10-12,14,16,18,20,22,24-26,28H2,2-4H3. The number of benzene rings is 9. The third kappa shape index (κ3) is 11.4. The summed E-state index contributed by atoms with van der Waals surface area (Å²) in [6.45, 7) is 10.3. The number of aryl methyl sites for hydroxylation is 3. The average molecular weight is 1070 g/mol. The first-order valence-electron chi connectivity index (χ1n) is 30.1. The number of phenols is 2. The zero-order valence-electron chi connectivity index (χ0n) is 48.0. The lowest BCUT2D eigenvalue weighted by molar-refractivity contribution is 0.474. The maximum Gasteiger partial charge on any atom is 0.115 e. The molecule has 2 heteroatoms. The van der Waals surface area contributed by atoms with Crippen molar-refractivity contribution in [2.75, 3.05) is 0 Å². The molecule has 0 aliphatic heterocycles. The van der Waals surface area contributed by atoms with Crippen LogP contribution >= 0.6 is 0 Å². The monoisotopic (exact) mass is 1060 g/mol. The molecule has 2 aliphatic rings. The van der Waals surface area contributed by atoms with Crippen LogP contribution in [-0.4, -0.2) is 10.2 Å². The second kappa shape index (κ2) is 25.7. The quantitative estimate of drug-likeness (QED) is 0.0454. The Balaban J connectivity index is 1.17. The molecule has 0 amide bonds. The minimum atomic E-state index is -0.199. The van der Waals surface area contributed by atoms with Crippen LogP contribution in [0.3, 0.4) is 0 Å². The van der Waals surface area contributed by atoms with Crippen LogP contribution in [0.15, 0.2) is 210 Å². The molecule has 2 nitrogen and oxygen atoms in total. The lowest BCUT2D eigenvalue weighted by Gasteiger charge is -2.26. The molecule has 0 fully saturated rings. The molecule has 9 aromatic carbocycles. The molecule has 0 radical (unpaired) electrons. The van der Waals surface area contributed by atoms with Gasteiger partial charge in [0.15, 0.2) is 0 Å². The summed E-state index contributed by atoms with van der Waals surface area (Å²) in [6, 6.07) is 58.5. The molecule has 0 bridgehead atoms. The first-order chi connectivity index (χ1) is 40.4. The predicted octanol–water partition coefficient (Wildman–Crippen LogP) is 21.3. The summed E-state index contributed by atoms with van der Waals surface area (Å²) in [5, 5.41) is 27.6. The van der Waals surface area contributed by atoms with Gasteiger partial charge in [-0.3, -0.25) is 0 Å². The second-order valence-corrected chi connectivity index (χ2v) is 22.5. The molecule has 0 spiro atoms. The van der Waals surface area contributed by atoms with Crippen molar-refractivity contribution in [1.29, 1.82) is 0 Å². The molecule has 82 heavy (non-hydrogen) atoms. The van der Waals surface area contributed by atoms with Gasteiger partial charge < -0.3 is 10.2 Å². The van der Waals surface area contributed by atoms with E-state index in [9.17, 15) is 10.2 Å². The van der Waals surface area contributed by atoms with Crippen LogP contribution in [0.4, 0.5) is 0 Å². The van der Waals surface area contributed by atoms with E-state index in [-0.39, 0.29) is 23.3 Å². The third-order valence-electron chi connectivity index (χ3n) is 17.1. The zero-order chi connectivity index (χ0) is 56.4. The molecule has 0 saturated heterocycles. The van der Waals surface area contributed by atoms with Crippen molar-refractivity contribution in [3.63, 3.8) is 0 Å². The Hall–Kier alpha value is -8.92. The van der Waals surface area contributed by atoms with Gasteiger partial charge in [-0.2, -0.15) is 0 Å². The van der Waals surface area contributed by atoms with Crippen LogP contribution in [0.2, 0.25) is 0 Å². The van der Waals surface area contributed by atoms with E-state index in [1.165, 1.54) is 145 Å². The highest BCUT2D eigenvalue weighted by molar-refractivity contribution is 6.26. The predicted molar refractivity (Wildman–Crippen MR) is 343 cm³/mol. The molecular weight excluding hydrogens is 993 g/mol. The summed E-state index contributed by atoms with van der Waals surface area (Å²) in [6.07, 6.45) is 20.0. The molecule has 2 unspecified atom stereocenters. The van der Waals surface area contributed by atoms with Gasteiger partial charge in [-0.1, -0.05) is 223 Å². The normalized spacial score (nSPS) is 13.3. The fourth-order valence-corrected chi connectivity index (χ4v) is 13.1. The molecule has 11 rings (SSSR count). The van der Waals surface area contributed by atoms with Crippen molar-refractivity contribution >= 4 is 27.6 Å². The number of unbranched alkanes of at least 4 members (excludes halogenated alkanes) is 9. The summed E-state index contributed by atoms with van der Waals surface area (Å²) in [5.41, 5.74) is 43.5. The summed E-state index contributed by atoms with van der Waals surface area (Å²) in [4.78, 5) is 0. The molecular formula is C80H72O2. The zero-order valence-corrected chi connectivity index (χ0v) is 48.0. The number of rotatable bonds is 20. The number of aromatic hydroxyl groups is 2. The van der Waals surface area contributed by atoms with Crippen molar-refractivity contribution in [2.24, 2.45) is 0 Å². The second-order valence-electron chi connectivity index (χ2n) is 22.5. The van der Waals surface area contributed by atoms with Gasteiger partial charge in [-0.15, -0.1) is 0 Å². The van der Waals surface area contributed by atoms with Crippen LogP contribution in [0, 0.1) is 0 Å². The molecule has 2 atom stereocenters.